The highest BCUT2D eigenvalue weighted by Crippen LogP contribution is 2.28. The first-order valence-electron chi connectivity index (χ1n) is 8.85. The van der Waals surface area contributed by atoms with E-state index >= 15 is 0 Å². The van der Waals surface area contributed by atoms with Gasteiger partial charge in [-0.25, -0.2) is 4.39 Å². The van der Waals surface area contributed by atoms with Crippen molar-refractivity contribution in [2.24, 2.45) is 11.8 Å². The quantitative estimate of drug-likeness (QED) is 0.372. The summed E-state index contributed by atoms with van der Waals surface area (Å²) in [7, 11) is 0. The van der Waals surface area contributed by atoms with Crippen LogP contribution in [-0.4, -0.2) is 18.3 Å². The highest BCUT2D eigenvalue weighted by molar-refractivity contribution is 5.34. The number of hydrogen-bond acceptors (Lipinski definition) is 3. The summed E-state index contributed by atoms with van der Waals surface area (Å²) >= 11 is 0. The minimum absolute atomic E-state index is 0.0296. The monoisotopic (exact) mass is 384 g/mol. The maximum absolute atomic E-state index is 14.1. The zero-order valence-corrected chi connectivity index (χ0v) is 16.0. The minimum Gasteiger partial charge on any atom is -0.505 e. The average molecular weight is 384 g/mol. The van der Waals surface area contributed by atoms with Crippen molar-refractivity contribution in [2.45, 2.75) is 33.6 Å². The molecule has 6 heteroatoms. The van der Waals surface area contributed by atoms with Crippen LogP contribution in [0.4, 0.5) is 13.2 Å². The van der Waals surface area contributed by atoms with Gasteiger partial charge in [-0.3, -0.25) is 0 Å². The first-order chi connectivity index (χ1) is 12.7. The van der Waals surface area contributed by atoms with E-state index in [0.29, 0.717) is 25.0 Å². The van der Waals surface area contributed by atoms with Crippen LogP contribution in [0.15, 0.2) is 48.5 Å². The lowest BCUT2D eigenvalue weighted by Gasteiger charge is -2.18. The number of benzene rings is 1. The molecule has 0 fully saturated rings. The van der Waals surface area contributed by atoms with E-state index in [-0.39, 0.29) is 30.0 Å². The first kappa shape index (κ1) is 22.7. The minimum atomic E-state index is -1.33. The van der Waals surface area contributed by atoms with Gasteiger partial charge in [-0.15, -0.1) is 0 Å². The van der Waals surface area contributed by atoms with Crippen LogP contribution in [-0.2, 0) is 4.74 Å². The summed E-state index contributed by atoms with van der Waals surface area (Å²) in [5.41, 5.74) is 0.357. The van der Waals surface area contributed by atoms with E-state index in [0.717, 1.165) is 6.07 Å². The van der Waals surface area contributed by atoms with Gasteiger partial charge in [0.05, 0.1) is 13.2 Å². The Hall–Kier alpha value is -2.37. The lowest BCUT2D eigenvalue weighted by molar-refractivity contribution is 0.232. The third-order valence-electron chi connectivity index (χ3n) is 4.16. The van der Waals surface area contributed by atoms with E-state index in [2.05, 4.69) is 13.2 Å². The maximum atomic E-state index is 14.1. The summed E-state index contributed by atoms with van der Waals surface area (Å²) in [5, 5.41) is 9.10. The summed E-state index contributed by atoms with van der Waals surface area (Å²) in [6.45, 7) is 13.5. The van der Waals surface area contributed by atoms with E-state index in [1.165, 1.54) is 12.1 Å². The molecule has 0 saturated carbocycles. The molecule has 0 bridgehead atoms. The predicted molar refractivity (Wildman–Crippen MR) is 100 cm³/mol. The summed E-state index contributed by atoms with van der Waals surface area (Å²) in [6.07, 6.45) is 2.55. The molecule has 0 aliphatic heterocycles. The number of phenols is 1. The second kappa shape index (κ2) is 10.7. The number of ether oxygens (including phenoxy) is 2. The van der Waals surface area contributed by atoms with Crippen LogP contribution in [0.25, 0.3) is 0 Å². The largest absolute Gasteiger partial charge is 0.505 e. The first-order valence-corrected chi connectivity index (χ1v) is 8.85. The molecule has 3 nitrogen and oxygen atoms in total. The van der Waals surface area contributed by atoms with Crippen LogP contribution in [0.1, 0.15) is 33.6 Å². The summed E-state index contributed by atoms with van der Waals surface area (Å²) in [4.78, 5) is 0. The Balaban J connectivity index is 2.49. The Kier molecular flexibility index (Phi) is 8.98. The van der Waals surface area contributed by atoms with Crippen molar-refractivity contribution in [3.63, 3.8) is 0 Å². The molecule has 0 amide bonds. The second-order valence-corrected chi connectivity index (χ2v) is 6.52. The lowest BCUT2D eigenvalue weighted by atomic mass is 9.92. The van der Waals surface area contributed by atoms with E-state index < -0.39 is 23.2 Å². The molecular formula is C21H27F3O3. The predicted octanol–water partition coefficient (Wildman–Crippen LogP) is 6.06. The van der Waals surface area contributed by atoms with Gasteiger partial charge in [0.15, 0.2) is 11.5 Å². The van der Waals surface area contributed by atoms with E-state index in [1.807, 2.05) is 13.8 Å². The molecule has 1 N–H and O–H groups in total. The highest BCUT2D eigenvalue weighted by atomic mass is 19.2. The molecule has 0 aromatic heterocycles. The molecule has 0 spiro atoms. The molecule has 0 saturated heterocycles. The van der Waals surface area contributed by atoms with Gasteiger partial charge in [-0.05, 0) is 49.3 Å². The van der Waals surface area contributed by atoms with Gasteiger partial charge in [0, 0.05) is 6.08 Å². The highest BCUT2D eigenvalue weighted by Gasteiger charge is 2.16. The topological polar surface area (TPSA) is 38.7 Å². The fourth-order valence-corrected chi connectivity index (χ4v) is 2.35. The number of rotatable bonds is 11. The fourth-order valence-electron chi connectivity index (χ4n) is 2.35. The van der Waals surface area contributed by atoms with Crippen LogP contribution in [0, 0.1) is 23.5 Å². The van der Waals surface area contributed by atoms with Crippen LogP contribution in [0.3, 0.4) is 0 Å². The number of allylic oxidation sites excluding steroid dienone is 3. The third kappa shape index (κ3) is 7.04. The van der Waals surface area contributed by atoms with Crippen molar-refractivity contribution in [3.05, 3.63) is 60.2 Å². The van der Waals surface area contributed by atoms with Gasteiger partial charge in [-0.2, -0.15) is 8.78 Å². The molecule has 2 unspecified atom stereocenters. The van der Waals surface area contributed by atoms with Crippen molar-refractivity contribution in [2.75, 3.05) is 13.2 Å². The molecular weight excluding hydrogens is 357 g/mol. The maximum Gasteiger partial charge on any atom is 0.204 e. The van der Waals surface area contributed by atoms with Crippen molar-refractivity contribution in [3.8, 4) is 11.5 Å². The van der Waals surface area contributed by atoms with Gasteiger partial charge >= 0.3 is 0 Å². The fraction of sp³-hybridized carbons (Fsp3) is 0.429. The molecule has 2 atom stereocenters. The van der Waals surface area contributed by atoms with Gasteiger partial charge in [-0.1, -0.05) is 27.0 Å². The van der Waals surface area contributed by atoms with Gasteiger partial charge in [0.1, 0.15) is 11.6 Å². The molecule has 0 heterocycles. The Bertz CT molecular complexity index is 698. The molecule has 1 aromatic rings. The van der Waals surface area contributed by atoms with Crippen molar-refractivity contribution in [1.29, 1.82) is 0 Å². The zero-order valence-electron chi connectivity index (χ0n) is 16.0. The molecule has 27 heavy (non-hydrogen) atoms. The summed E-state index contributed by atoms with van der Waals surface area (Å²) in [6, 6.07) is 2.21. The SMILES string of the molecule is C=C(/C=C(/F)C(=C)C(C)CCC(C)COc1ccc(O)c(F)c1F)OCC. The van der Waals surface area contributed by atoms with Crippen molar-refractivity contribution in [1.82, 2.24) is 0 Å². The average Bonchev–Trinajstić information content (AvgIpc) is 2.63. The lowest BCUT2D eigenvalue weighted by Crippen LogP contribution is -2.12. The van der Waals surface area contributed by atoms with Crippen molar-refractivity contribution < 1.29 is 27.8 Å². The van der Waals surface area contributed by atoms with E-state index in [9.17, 15) is 13.2 Å². The molecule has 150 valence electrons. The van der Waals surface area contributed by atoms with Crippen LogP contribution < -0.4 is 4.74 Å². The Morgan fingerprint density at radius 2 is 1.85 bits per heavy atom. The number of aromatic hydroxyl groups is 1. The Labute approximate surface area is 158 Å². The number of halogens is 3. The second-order valence-electron chi connectivity index (χ2n) is 6.52. The molecule has 1 rings (SSSR count). The number of hydrogen-bond donors (Lipinski definition) is 1. The van der Waals surface area contributed by atoms with Crippen LogP contribution >= 0.6 is 0 Å². The Morgan fingerprint density at radius 3 is 2.48 bits per heavy atom. The van der Waals surface area contributed by atoms with Gasteiger partial charge in [0.2, 0.25) is 11.6 Å². The molecule has 0 aliphatic carbocycles. The standard InChI is InChI=1S/C21H27F3O3/c1-6-26-15(4)11-17(22)16(5)14(3)8-7-13(2)12-27-19-10-9-18(25)20(23)21(19)24/h9-11,13-14,25H,4-8,12H2,1-3H3/b17-11+. The van der Waals surface area contributed by atoms with E-state index in [1.54, 1.807) is 6.92 Å². The van der Waals surface area contributed by atoms with Gasteiger partial charge < -0.3 is 14.6 Å². The smallest absolute Gasteiger partial charge is 0.204 e. The van der Waals surface area contributed by atoms with Crippen molar-refractivity contribution >= 4 is 0 Å². The molecule has 0 radical (unpaired) electrons. The summed E-state index contributed by atoms with van der Waals surface area (Å²) in [5.74, 6) is -3.87. The van der Waals surface area contributed by atoms with Gasteiger partial charge in [0.25, 0.3) is 0 Å². The normalized spacial score (nSPS) is 13.8. The third-order valence-corrected chi connectivity index (χ3v) is 4.16. The molecule has 0 aliphatic rings. The Morgan fingerprint density at radius 1 is 1.19 bits per heavy atom. The van der Waals surface area contributed by atoms with Crippen LogP contribution in [0.2, 0.25) is 0 Å². The van der Waals surface area contributed by atoms with Crippen LogP contribution in [0.5, 0.6) is 11.5 Å². The molecule has 1 aromatic carbocycles. The summed E-state index contributed by atoms with van der Waals surface area (Å²) < 4.78 is 51.5. The zero-order chi connectivity index (χ0) is 20.6. The van der Waals surface area contributed by atoms with E-state index in [4.69, 9.17) is 14.6 Å². The number of phenolic OH excluding ortho intramolecular Hbond substituents is 1.